The van der Waals surface area contributed by atoms with Gasteiger partial charge in [0.05, 0.1) is 40.5 Å². The molecule has 1 aromatic carbocycles. The van der Waals surface area contributed by atoms with Crippen LogP contribution in [0.25, 0.3) is 16.7 Å². The molecular weight excluding hydrogens is 354 g/mol. The van der Waals surface area contributed by atoms with Gasteiger partial charge in [0, 0.05) is 17.6 Å². The zero-order valence-corrected chi connectivity index (χ0v) is 14.6. The number of hydrogen-bond acceptors (Lipinski definition) is 4. The van der Waals surface area contributed by atoms with E-state index in [0.717, 1.165) is 5.69 Å². The second-order valence-corrected chi connectivity index (χ2v) is 6.06. The number of nitriles is 1. The number of fused-ring (bicyclic) bond motifs is 1. The fourth-order valence-corrected chi connectivity index (χ4v) is 3.15. The molecule has 0 bridgehead atoms. The van der Waals surface area contributed by atoms with E-state index in [9.17, 15) is 9.59 Å². The molecule has 7 heteroatoms. The van der Waals surface area contributed by atoms with Crippen molar-refractivity contribution in [2.75, 3.05) is 5.88 Å². The van der Waals surface area contributed by atoms with E-state index in [-0.39, 0.29) is 18.1 Å². The number of nitrogens with zero attached hydrogens (tertiary/aromatic N) is 3. The SMILES string of the molecule is Cc1c(C(=O)CCl)c2ncc(CC(=O)O)cc2n1-c1ccc(C#N)cc1. The van der Waals surface area contributed by atoms with Gasteiger partial charge < -0.3 is 9.67 Å². The Labute approximate surface area is 154 Å². The minimum atomic E-state index is -0.962. The van der Waals surface area contributed by atoms with Gasteiger partial charge in [-0.3, -0.25) is 14.6 Å². The summed E-state index contributed by atoms with van der Waals surface area (Å²) in [6.45, 7) is 1.79. The normalized spacial score (nSPS) is 10.7. The van der Waals surface area contributed by atoms with Crippen LogP contribution >= 0.6 is 11.6 Å². The number of carboxylic acids is 1. The van der Waals surface area contributed by atoms with Gasteiger partial charge in [0.15, 0.2) is 5.78 Å². The van der Waals surface area contributed by atoms with Crippen LogP contribution in [0.5, 0.6) is 0 Å². The van der Waals surface area contributed by atoms with E-state index >= 15 is 0 Å². The summed E-state index contributed by atoms with van der Waals surface area (Å²) < 4.78 is 1.83. The zero-order valence-electron chi connectivity index (χ0n) is 13.9. The molecule has 0 radical (unpaired) electrons. The third-order valence-electron chi connectivity index (χ3n) is 4.11. The fourth-order valence-electron chi connectivity index (χ4n) is 3.01. The topological polar surface area (TPSA) is 96.0 Å². The van der Waals surface area contributed by atoms with E-state index < -0.39 is 5.97 Å². The third-order valence-corrected chi connectivity index (χ3v) is 4.35. The van der Waals surface area contributed by atoms with Crippen LogP contribution in [0, 0.1) is 18.3 Å². The summed E-state index contributed by atoms with van der Waals surface area (Å²) in [7, 11) is 0. The van der Waals surface area contributed by atoms with E-state index in [4.69, 9.17) is 22.0 Å². The Balaban J connectivity index is 2.30. The van der Waals surface area contributed by atoms with Crippen LogP contribution in [0.3, 0.4) is 0 Å². The maximum absolute atomic E-state index is 12.3. The first-order valence-corrected chi connectivity index (χ1v) is 8.31. The molecule has 0 fully saturated rings. The number of carboxylic acid groups (broad SMARTS) is 1. The average molecular weight is 368 g/mol. The molecule has 0 aliphatic carbocycles. The molecule has 0 saturated heterocycles. The monoisotopic (exact) mass is 367 g/mol. The summed E-state index contributed by atoms with van der Waals surface area (Å²) in [5.41, 5.74) is 3.98. The van der Waals surface area contributed by atoms with E-state index in [1.165, 1.54) is 6.20 Å². The zero-order chi connectivity index (χ0) is 18.8. The number of carbonyl (C=O) groups is 2. The highest BCUT2D eigenvalue weighted by atomic mass is 35.5. The third kappa shape index (κ3) is 3.05. The summed E-state index contributed by atoms with van der Waals surface area (Å²) in [6.07, 6.45) is 1.29. The van der Waals surface area contributed by atoms with Gasteiger partial charge in [-0.1, -0.05) is 0 Å². The average Bonchev–Trinajstić information content (AvgIpc) is 2.92. The highest BCUT2D eigenvalue weighted by molar-refractivity contribution is 6.32. The van der Waals surface area contributed by atoms with Gasteiger partial charge in [-0.15, -0.1) is 11.6 Å². The molecule has 6 nitrogen and oxygen atoms in total. The first kappa shape index (κ1) is 17.6. The number of hydrogen-bond donors (Lipinski definition) is 1. The molecule has 0 aliphatic heterocycles. The number of benzene rings is 1. The quantitative estimate of drug-likeness (QED) is 0.551. The molecule has 2 heterocycles. The smallest absolute Gasteiger partial charge is 0.307 e. The molecule has 0 unspecified atom stereocenters. The molecule has 2 aromatic heterocycles. The van der Waals surface area contributed by atoms with E-state index in [0.29, 0.717) is 33.4 Å². The van der Waals surface area contributed by atoms with Crippen LogP contribution in [0.1, 0.15) is 27.2 Å². The Kier molecular flexibility index (Phi) is 4.74. The van der Waals surface area contributed by atoms with Gasteiger partial charge in [-0.2, -0.15) is 5.26 Å². The number of carbonyl (C=O) groups excluding carboxylic acids is 1. The molecule has 0 aliphatic rings. The van der Waals surface area contributed by atoms with Crippen molar-refractivity contribution >= 4 is 34.4 Å². The molecule has 130 valence electrons. The van der Waals surface area contributed by atoms with Crippen LogP contribution in [-0.2, 0) is 11.2 Å². The standard InChI is InChI=1S/C19H14ClN3O3/c1-11-18(16(24)8-20)19-15(6-13(10-22-19)7-17(25)26)23(11)14-4-2-12(9-21)3-5-14/h2-6,10H,7-8H2,1H3,(H,25,26). The maximum atomic E-state index is 12.3. The van der Waals surface area contributed by atoms with Crippen molar-refractivity contribution in [3.63, 3.8) is 0 Å². The predicted molar refractivity (Wildman–Crippen MR) is 96.9 cm³/mol. The predicted octanol–water partition coefficient (Wildman–Crippen LogP) is 3.25. The highest BCUT2D eigenvalue weighted by Crippen LogP contribution is 2.29. The number of alkyl halides is 1. The van der Waals surface area contributed by atoms with Crippen LogP contribution < -0.4 is 0 Å². The molecule has 1 N–H and O–H groups in total. The number of aromatic nitrogens is 2. The fraction of sp³-hybridized carbons (Fsp3) is 0.158. The number of ketones is 1. The second kappa shape index (κ2) is 6.98. The van der Waals surface area contributed by atoms with E-state index in [1.54, 1.807) is 37.3 Å². The van der Waals surface area contributed by atoms with E-state index in [1.807, 2.05) is 4.57 Å². The van der Waals surface area contributed by atoms with Gasteiger partial charge in [-0.05, 0) is 42.8 Å². The first-order chi connectivity index (χ1) is 12.5. The lowest BCUT2D eigenvalue weighted by molar-refractivity contribution is -0.136. The van der Waals surface area contributed by atoms with Crippen molar-refractivity contribution in [1.29, 1.82) is 5.26 Å². The minimum absolute atomic E-state index is 0.167. The molecule has 0 spiro atoms. The van der Waals surface area contributed by atoms with Crippen molar-refractivity contribution in [1.82, 2.24) is 9.55 Å². The number of rotatable bonds is 5. The minimum Gasteiger partial charge on any atom is -0.481 e. The maximum Gasteiger partial charge on any atom is 0.307 e. The van der Waals surface area contributed by atoms with Crippen LogP contribution in [0.2, 0.25) is 0 Å². The Morgan fingerprint density at radius 2 is 2.00 bits per heavy atom. The number of pyridine rings is 1. The molecule has 0 amide bonds. The molecule has 26 heavy (non-hydrogen) atoms. The Morgan fingerprint density at radius 1 is 1.31 bits per heavy atom. The van der Waals surface area contributed by atoms with Crippen molar-refractivity contribution in [3.8, 4) is 11.8 Å². The lowest BCUT2D eigenvalue weighted by Gasteiger charge is -2.09. The largest absolute Gasteiger partial charge is 0.481 e. The summed E-state index contributed by atoms with van der Waals surface area (Å²) in [6, 6.07) is 10.7. The van der Waals surface area contributed by atoms with Crippen LogP contribution in [0.4, 0.5) is 0 Å². The van der Waals surface area contributed by atoms with Crippen molar-refractivity contribution in [2.24, 2.45) is 0 Å². The lowest BCUT2D eigenvalue weighted by atomic mass is 10.1. The Hall–Kier alpha value is -3.17. The molecular formula is C19H14ClN3O3. The summed E-state index contributed by atoms with van der Waals surface area (Å²) in [5, 5.41) is 18.0. The second-order valence-electron chi connectivity index (χ2n) is 5.79. The number of aliphatic carboxylic acids is 1. The van der Waals surface area contributed by atoms with Gasteiger partial charge in [-0.25, -0.2) is 0 Å². The van der Waals surface area contributed by atoms with Gasteiger partial charge >= 0.3 is 5.97 Å². The summed E-state index contributed by atoms with van der Waals surface area (Å²) >= 11 is 5.75. The number of Topliss-reactive ketones (excluding diaryl/α,β-unsaturated/α-hetero) is 1. The van der Waals surface area contributed by atoms with Crippen LogP contribution in [-0.4, -0.2) is 32.3 Å². The van der Waals surface area contributed by atoms with Crippen molar-refractivity contribution in [3.05, 3.63) is 58.9 Å². The van der Waals surface area contributed by atoms with Crippen molar-refractivity contribution < 1.29 is 14.7 Å². The van der Waals surface area contributed by atoms with Crippen LogP contribution in [0.15, 0.2) is 36.5 Å². The van der Waals surface area contributed by atoms with Gasteiger partial charge in [0.25, 0.3) is 0 Å². The molecule has 0 atom stereocenters. The molecule has 3 rings (SSSR count). The summed E-state index contributed by atoms with van der Waals surface area (Å²) in [5.74, 6) is -1.39. The van der Waals surface area contributed by atoms with Gasteiger partial charge in [0.2, 0.25) is 0 Å². The van der Waals surface area contributed by atoms with Gasteiger partial charge in [0.1, 0.15) is 0 Å². The molecule has 3 aromatic rings. The number of halogens is 1. The molecule has 0 saturated carbocycles. The Bertz CT molecular complexity index is 1060. The lowest BCUT2D eigenvalue weighted by Crippen LogP contribution is -2.04. The first-order valence-electron chi connectivity index (χ1n) is 7.77. The summed E-state index contributed by atoms with van der Waals surface area (Å²) in [4.78, 5) is 27.7. The van der Waals surface area contributed by atoms with E-state index in [2.05, 4.69) is 11.1 Å². The Morgan fingerprint density at radius 3 is 2.58 bits per heavy atom. The van der Waals surface area contributed by atoms with Crippen molar-refractivity contribution in [2.45, 2.75) is 13.3 Å². The highest BCUT2D eigenvalue weighted by Gasteiger charge is 2.22.